The van der Waals surface area contributed by atoms with Crippen molar-refractivity contribution in [1.82, 2.24) is 23.5 Å². The third-order valence-corrected chi connectivity index (χ3v) is 9.26. The zero-order valence-corrected chi connectivity index (χ0v) is 25.3. The van der Waals surface area contributed by atoms with E-state index in [0.29, 0.717) is 5.95 Å². The molecular weight excluding hydrogens is 574 g/mol. The van der Waals surface area contributed by atoms with Gasteiger partial charge in [-0.1, -0.05) is 115 Å². The second-order valence-corrected chi connectivity index (χ2v) is 11.9. The number of aromatic nitrogens is 5. The first kappa shape index (κ1) is 25.8. The highest BCUT2D eigenvalue weighted by Crippen LogP contribution is 2.44. The molecule has 5 aromatic carbocycles. The molecule has 0 unspecified atom stereocenters. The van der Waals surface area contributed by atoms with Gasteiger partial charge in [0.1, 0.15) is 5.65 Å². The van der Waals surface area contributed by atoms with Crippen LogP contribution in [0.5, 0.6) is 0 Å². The van der Waals surface area contributed by atoms with Crippen LogP contribution in [0.3, 0.4) is 0 Å². The van der Waals surface area contributed by atoms with E-state index in [9.17, 15) is 0 Å². The summed E-state index contributed by atoms with van der Waals surface area (Å²) < 4.78 is 7.00. The van der Waals surface area contributed by atoms with Gasteiger partial charge in [0, 0.05) is 39.2 Å². The van der Waals surface area contributed by atoms with Crippen LogP contribution in [0.15, 0.2) is 164 Å². The molecule has 0 radical (unpaired) electrons. The molecule has 5 heteroatoms. The molecule has 0 amide bonds. The van der Waals surface area contributed by atoms with E-state index in [4.69, 9.17) is 9.97 Å². The van der Waals surface area contributed by atoms with Crippen molar-refractivity contribution in [1.29, 1.82) is 0 Å². The summed E-state index contributed by atoms with van der Waals surface area (Å²) in [7, 11) is 0. The van der Waals surface area contributed by atoms with E-state index >= 15 is 0 Å². The van der Waals surface area contributed by atoms with Crippen LogP contribution in [0.4, 0.5) is 0 Å². The lowest BCUT2D eigenvalue weighted by molar-refractivity contribution is 0.972. The third kappa shape index (κ3) is 3.77. The van der Waals surface area contributed by atoms with Gasteiger partial charge in [-0.3, -0.25) is 4.57 Å². The number of hydrogen-bond acceptors (Lipinski definition) is 2. The molecule has 0 aliphatic carbocycles. The molecule has 0 saturated heterocycles. The van der Waals surface area contributed by atoms with Crippen LogP contribution in [0.1, 0.15) is 0 Å². The first-order valence-corrected chi connectivity index (χ1v) is 15.9. The number of benzene rings is 5. The Morgan fingerprint density at radius 3 is 1.57 bits per heavy atom. The van der Waals surface area contributed by atoms with E-state index < -0.39 is 0 Å². The molecule has 0 fully saturated rings. The minimum Gasteiger partial charge on any atom is -0.308 e. The Morgan fingerprint density at radius 1 is 0.426 bits per heavy atom. The summed E-state index contributed by atoms with van der Waals surface area (Å²) >= 11 is 0. The summed E-state index contributed by atoms with van der Waals surface area (Å²) in [6, 6.07) is 55.3. The van der Waals surface area contributed by atoms with Crippen molar-refractivity contribution in [2.24, 2.45) is 0 Å². The van der Waals surface area contributed by atoms with Crippen molar-refractivity contribution in [3.63, 3.8) is 0 Å². The van der Waals surface area contributed by atoms with Gasteiger partial charge in [0.15, 0.2) is 0 Å². The number of pyridine rings is 1. The van der Waals surface area contributed by atoms with Gasteiger partial charge in [0.05, 0.1) is 38.8 Å². The molecule has 47 heavy (non-hydrogen) atoms. The van der Waals surface area contributed by atoms with Crippen molar-refractivity contribution in [3.05, 3.63) is 164 Å². The van der Waals surface area contributed by atoms with E-state index in [1.165, 1.54) is 21.8 Å². The quantitative estimate of drug-likeness (QED) is 0.201. The predicted molar refractivity (Wildman–Crippen MR) is 193 cm³/mol. The van der Waals surface area contributed by atoms with E-state index in [0.717, 1.165) is 55.7 Å². The number of rotatable bonds is 4. The number of hydrogen-bond donors (Lipinski definition) is 0. The highest BCUT2D eigenvalue weighted by atomic mass is 15.2. The number of nitrogens with zero attached hydrogens (tertiary/aromatic N) is 5. The van der Waals surface area contributed by atoms with Crippen molar-refractivity contribution in [2.75, 3.05) is 0 Å². The van der Waals surface area contributed by atoms with Gasteiger partial charge < -0.3 is 8.97 Å². The molecule has 220 valence electrons. The summed E-state index contributed by atoms with van der Waals surface area (Å²) in [5.41, 5.74) is 10.6. The minimum absolute atomic E-state index is 0.633. The number of para-hydroxylation sites is 3. The maximum Gasteiger partial charge on any atom is 0.236 e. The van der Waals surface area contributed by atoms with Gasteiger partial charge in [-0.2, -0.15) is 0 Å². The zero-order valence-electron chi connectivity index (χ0n) is 25.3. The molecule has 5 nitrogen and oxygen atoms in total. The van der Waals surface area contributed by atoms with Crippen molar-refractivity contribution < 1.29 is 0 Å². The Balaban J connectivity index is 1.43. The Hall–Kier alpha value is -6.46. The molecule has 5 heterocycles. The standard InChI is InChI=1S/C42H27N5/c1-4-15-28(16-5-1)33-27-34(29-17-6-2-7-18-29)44-42(43-33)47-36-24-13-11-22-32(36)39-40-38(37-25-14-26-45(37)41(39)47)31-21-10-12-23-35(31)46(40)30-19-8-3-9-20-30/h1-27H. The Morgan fingerprint density at radius 2 is 0.936 bits per heavy atom. The number of fused-ring (bicyclic) bond motifs is 10. The molecule has 5 aromatic heterocycles. The minimum atomic E-state index is 0.633. The third-order valence-electron chi connectivity index (χ3n) is 9.26. The van der Waals surface area contributed by atoms with Crippen molar-refractivity contribution in [3.8, 4) is 34.2 Å². The van der Waals surface area contributed by atoms with E-state index in [2.05, 4.69) is 165 Å². The first-order chi connectivity index (χ1) is 23.3. The highest BCUT2D eigenvalue weighted by Gasteiger charge is 2.25. The van der Waals surface area contributed by atoms with Gasteiger partial charge >= 0.3 is 0 Å². The lowest BCUT2D eigenvalue weighted by atomic mass is 10.1. The Labute approximate surface area is 270 Å². The summed E-state index contributed by atoms with van der Waals surface area (Å²) in [5, 5.41) is 4.77. The average Bonchev–Trinajstić information content (AvgIpc) is 3.85. The van der Waals surface area contributed by atoms with Gasteiger partial charge in [0.25, 0.3) is 0 Å². The van der Waals surface area contributed by atoms with E-state index in [1.807, 2.05) is 12.1 Å². The molecule has 0 N–H and O–H groups in total. The molecule has 0 bridgehead atoms. The maximum atomic E-state index is 5.30. The maximum absolute atomic E-state index is 5.30. The fourth-order valence-corrected chi connectivity index (χ4v) is 7.29. The van der Waals surface area contributed by atoms with Gasteiger partial charge in [-0.25, -0.2) is 9.97 Å². The zero-order chi connectivity index (χ0) is 30.9. The molecule has 0 aliphatic heterocycles. The van der Waals surface area contributed by atoms with Crippen molar-refractivity contribution >= 4 is 49.3 Å². The monoisotopic (exact) mass is 601 g/mol. The molecule has 10 rings (SSSR count). The largest absolute Gasteiger partial charge is 0.308 e. The van der Waals surface area contributed by atoms with Crippen LogP contribution in [0.25, 0.3) is 83.4 Å². The SMILES string of the molecule is c1ccc(-c2cc(-c3ccccc3)nc(-n3c4ccccc4c4c5c(c6ccccc6n5-c5ccccc5)c5cccn5c43)n2)cc1. The predicted octanol–water partition coefficient (Wildman–Crippen LogP) is 10.3. The highest BCUT2D eigenvalue weighted by molar-refractivity contribution is 6.29. The van der Waals surface area contributed by atoms with Crippen LogP contribution in [0, 0.1) is 0 Å². The lowest BCUT2D eigenvalue weighted by Gasteiger charge is -2.13. The summed E-state index contributed by atoms with van der Waals surface area (Å²) in [5.74, 6) is 0.633. The normalized spacial score (nSPS) is 11.8. The van der Waals surface area contributed by atoms with E-state index in [-0.39, 0.29) is 0 Å². The van der Waals surface area contributed by atoms with Crippen molar-refractivity contribution in [2.45, 2.75) is 0 Å². The summed E-state index contributed by atoms with van der Waals surface area (Å²) in [6.45, 7) is 0. The summed E-state index contributed by atoms with van der Waals surface area (Å²) in [4.78, 5) is 10.6. The second kappa shape index (κ2) is 10.0. The summed E-state index contributed by atoms with van der Waals surface area (Å²) in [6.07, 6.45) is 2.17. The topological polar surface area (TPSA) is 40.0 Å². The smallest absolute Gasteiger partial charge is 0.236 e. The molecule has 0 spiro atoms. The van der Waals surface area contributed by atoms with Gasteiger partial charge in [-0.05, 0) is 42.5 Å². The van der Waals surface area contributed by atoms with Crippen LogP contribution in [-0.4, -0.2) is 23.5 Å². The van der Waals surface area contributed by atoms with Crippen LogP contribution in [0.2, 0.25) is 0 Å². The molecule has 0 saturated carbocycles. The van der Waals surface area contributed by atoms with E-state index in [1.54, 1.807) is 0 Å². The Kier molecular flexibility index (Phi) is 5.51. The van der Waals surface area contributed by atoms with Crippen LogP contribution in [-0.2, 0) is 0 Å². The van der Waals surface area contributed by atoms with Crippen LogP contribution >= 0.6 is 0 Å². The van der Waals surface area contributed by atoms with Gasteiger partial charge in [0.2, 0.25) is 5.95 Å². The molecule has 10 aromatic rings. The van der Waals surface area contributed by atoms with Crippen LogP contribution < -0.4 is 0 Å². The average molecular weight is 602 g/mol. The lowest BCUT2D eigenvalue weighted by Crippen LogP contribution is -2.06. The van der Waals surface area contributed by atoms with Gasteiger partial charge in [-0.15, -0.1) is 0 Å². The fraction of sp³-hybridized carbons (Fsp3) is 0. The second-order valence-electron chi connectivity index (χ2n) is 11.9. The first-order valence-electron chi connectivity index (χ1n) is 15.9. The fourth-order valence-electron chi connectivity index (χ4n) is 7.29. The molecule has 0 atom stereocenters. The molecule has 0 aliphatic rings. The molecular formula is C42H27N5. The Bertz CT molecular complexity index is 2710.